The van der Waals surface area contributed by atoms with Crippen molar-refractivity contribution in [2.75, 3.05) is 13.6 Å². The number of carbonyl (C=O) groups excluding carboxylic acids is 3. The van der Waals surface area contributed by atoms with Crippen LogP contribution in [0, 0.1) is 5.82 Å². The lowest BCUT2D eigenvalue weighted by Gasteiger charge is -2.27. The van der Waals surface area contributed by atoms with E-state index in [-0.39, 0.29) is 30.2 Å². The molecule has 29 heavy (non-hydrogen) atoms. The quantitative estimate of drug-likeness (QED) is 0.810. The molecule has 1 heterocycles. The third kappa shape index (κ3) is 3.06. The summed E-state index contributed by atoms with van der Waals surface area (Å²) in [5, 5.41) is 2.82. The molecule has 2 aliphatic rings. The lowest BCUT2D eigenvalue weighted by molar-refractivity contribution is -0.139. The summed E-state index contributed by atoms with van der Waals surface area (Å²) in [7, 11) is 1.61. The van der Waals surface area contributed by atoms with Crippen molar-refractivity contribution in [1.29, 1.82) is 0 Å². The Labute approximate surface area is 168 Å². The first-order chi connectivity index (χ1) is 13.8. The number of benzene rings is 2. The fourth-order valence-electron chi connectivity index (χ4n) is 4.16. The van der Waals surface area contributed by atoms with E-state index in [0.717, 1.165) is 21.6 Å². The summed E-state index contributed by atoms with van der Waals surface area (Å²) >= 11 is 0. The fourth-order valence-corrected chi connectivity index (χ4v) is 4.16. The second-order valence-corrected chi connectivity index (χ2v) is 7.62. The van der Waals surface area contributed by atoms with E-state index >= 15 is 0 Å². The van der Waals surface area contributed by atoms with Gasteiger partial charge in [-0.05, 0) is 48.6 Å². The molecule has 2 aromatic rings. The standard InChI is InChI=1S/C22H22FN3O3/c1-14(15-7-9-17(23)10-8-15)25(2)19(27)13-26-20(28)22(24-21(26)29)12-11-16-5-3-4-6-18(16)22/h3-10,14H,11-13H2,1-2H3,(H,24,29). The second kappa shape index (κ2) is 6.99. The van der Waals surface area contributed by atoms with E-state index in [0.29, 0.717) is 12.8 Å². The van der Waals surface area contributed by atoms with Crippen molar-refractivity contribution in [1.82, 2.24) is 15.1 Å². The number of aryl methyl sites for hydroxylation is 1. The summed E-state index contributed by atoms with van der Waals surface area (Å²) in [6, 6.07) is 12.6. The number of nitrogens with zero attached hydrogens (tertiary/aromatic N) is 2. The number of carbonyl (C=O) groups is 3. The van der Waals surface area contributed by atoms with E-state index in [1.807, 2.05) is 31.2 Å². The number of imide groups is 1. The molecule has 0 saturated carbocycles. The maximum atomic E-state index is 13.2. The van der Waals surface area contributed by atoms with Gasteiger partial charge in [0.25, 0.3) is 5.91 Å². The zero-order valence-electron chi connectivity index (χ0n) is 16.3. The SMILES string of the molecule is CC(c1ccc(F)cc1)N(C)C(=O)CN1C(=O)NC2(CCc3ccccc32)C1=O. The van der Waals surface area contributed by atoms with Gasteiger partial charge in [-0.2, -0.15) is 0 Å². The number of rotatable bonds is 4. The molecule has 150 valence electrons. The number of amides is 4. The first-order valence-corrected chi connectivity index (χ1v) is 9.57. The summed E-state index contributed by atoms with van der Waals surface area (Å²) in [5.74, 6) is -1.10. The number of urea groups is 1. The van der Waals surface area contributed by atoms with E-state index in [2.05, 4.69) is 5.32 Å². The lowest BCUT2D eigenvalue weighted by atomic mass is 9.92. The van der Waals surface area contributed by atoms with Crippen molar-refractivity contribution >= 4 is 17.8 Å². The number of likely N-dealkylation sites (N-methyl/N-ethyl adjacent to an activating group) is 1. The van der Waals surface area contributed by atoms with Crippen molar-refractivity contribution < 1.29 is 18.8 Å². The normalized spacial score (nSPS) is 21.3. The van der Waals surface area contributed by atoms with Gasteiger partial charge in [0, 0.05) is 7.05 Å². The zero-order chi connectivity index (χ0) is 20.8. The highest BCUT2D eigenvalue weighted by Crippen LogP contribution is 2.41. The van der Waals surface area contributed by atoms with Gasteiger partial charge in [-0.1, -0.05) is 36.4 Å². The van der Waals surface area contributed by atoms with Gasteiger partial charge >= 0.3 is 6.03 Å². The first kappa shape index (κ1) is 19.1. The Kier molecular flexibility index (Phi) is 4.61. The largest absolute Gasteiger partial charge is 0.337 e. The molecular weight excluding hydrogens is 373 g/mol. The third-order valence-electron chi connectivity index (χ3n) is 6.04. The van der Waals surface area contributed by atoms with Crippen LogP contribution in [-0.4, -0.2) is 41.2 Å². The molecule has 1 N–H and O–H groups in total. The molecule has 4 rings (SSSR count). The smallest absolute Gasteiger partial charge is 0.325 e. The molecule has 1 fully saturated rings. The van der Waals surface area contributed by atoms with Crippen LogP contribution in [0.4, 0.5) is 9.18 Å². The molecule has 0 radical (unpaired) electrons. The molecule has 0 bridgehead atoms. The van der Waals surface area contributed by atoms with Crippen LogP contribution in [-0.2, 0) is 21.5 Å². The molecule has 2 atom stereocenters. The van der Waals surface area contributed by atoms with Gasteiger partial charge < -0.3 is 10.2 Å². The van der Waals surface area contributed by atoms with Crippen molar-refractivity contribution in [3.8, 4) is 0 Å². The number of hydrogen-bond donors (Lipinski definition) is 1. The van der Waals surface area contributed by atoms with Crippen molar-refractivity contribution in [3.63, 3.8) is 0 Å². The first-order valence-electron chi connectivity index (χ1n) is 9.57. The van der Waals surface area contributed by atoms with Crippen LogP contribution < -0.4 is 5.32 Å². The fraction of sp³-hybridized carbons (Fsp3) is 0.318. The minimum atomic E-state index is -1.07. The van der Waals surface area contributed by atoms with E-state index < -0.39 is 11.6 Å². The Bertz CT molecular complexity index is 991. The Morgan fingerprint density at radius 2 is 1.90 bits per heavy atom. The Morgan fingerprint density at radius 3 is 2.62 bits per heavy atom. The summed E-state index contributed by atoms with van der Waals surface area (Å²) in [6.45, 7) is 1.47. The average Bonchev–Trinajstić information content (AvgIpc) is 3.21. The minimum Gasteiger partial charge on any atom is -0.337 e. The molecule has 2 unspecified atom stereocenters. The topological polar surface area (TPSA) is 69.7 Å². The van der Waals surface area contributed by atoms with E-state index in [1.54, 1.807) is 19.2 Å². The van der Waals surface area contributed by atoms with Crippen LogP contribution >= 0.6 is 0 Å². The van der Waals surface area contributed by atoms with Crippen LogP contribution in [0.25, 0.3) is 0 Å². The average molecular weight is 395 g/mol. The van der Waals surface area contributed by atoms with Crippen molar-refractivity contribution in [2.45, 2.75) is 31.3 Å². The molecule has 1 aliphatic heterocycles. The summed E-state index contributed by atoms with van der Waals surface area (Å²) in [4.78, 5) is 41.0. The molecular formula is C22H22FN3O3. The lowest BCUT2D eigenvalue weighted by Crippen LogP contribution is -2.44. The van der Waals surface area contributed by atoms with Crippen molar-refractivity contribution in [2.24, 2.45) is 0 Å². The minimum absolute atomic E-state index is 0.329. The molecule has 6 nitrogen and oxygen atoms in total. The summed E-state index contributed by atoms with van der Waals surface area (Å²) in [5.41, 5.74) is 1.54. The van der Waals surface area contributed by atoms with E-state index in [9.17, 15) is 18.8 Å². The maximum absolute atomic E-state index is 13.2. The zero-order valence-corrected chi connectivity index (χ0v) is 16.3. The van der Waals surface area contributed by atoms with Crippen LogP contribution in [0.2, 0.25) is 0 Å². The highest BCUT2D eigenvalue weighted by Gasteiger charge is 2.55. The predicted molar refractivity (Wildman–Crippen MR) is 104 cm³/mol. The molecule has 1 spiro atoms. The van der Waals surface area contributed by atoms with Crippen LogP contribution in [0.3, 0.4) is 0 Å². The monoisotopic (exact) mass is 395 g/mol. The van der Waals surface area contributed by atoms with Crippen LogP contribution in [0.5, 0.6) is 0 Å². The highest BCUT2D eigenvalue weighted by atomic mass is 19.1. The van der Waals surface area contributed by atoms with Crippen LogP contribution in [0.1, 0.15) is 36.1 Å². The number of hydrogen-bond acceptors (Lipinski definition) is 3. The van der Waals surface area contributed by atoms with Gasteiger partial charge in [0.1, 0.15) is 17.9 Å². The molecule has 2 aromatic carbocycles. The van der Waals surface area contributed by atoms with Gasteiger partial charge in [0.2, 0.25) is 5.91 Å². The number of nitrogens with one attached hydrogen (secondary N) is 1. The summed E-state index contributed by atoms with van der Waals surface area (Å²) < 4.78 is 13.1. The van der Waals surface area contributed by atoms with Gasteiger partial charge in [-0.25, -0.2) is 9.18 Å². The highest BCUT2D eigenvalue weighted by molar-refractivity contribution is 6.09. The Morgan fingerprint density at radius 1 is 1.21 bits per heavy atom. The van der Waals surface area contributed by atoms with E-state index in [4.69, 9.17) is 0 Å². The van der Waals surface area contributed by atoms with Gasteiger partial charge in [-0.3, -0.25) is 14.5 Å². The molecule has 1 aliphatic carbocycles. The molecule has 4 amide bonds. The van der Waals surface area contributed by atoms with E-state index in [1.165, 1.54) is 17.0 Å². The number of halogens is 1. The Hall–Kier alpha value is -3.22. The summed E-state index contributed by atoms with van der Waals surface area (Å²) in [6.07, 6.45) is 1.19. The third-order valence-corrected chi connectivity index (χ3v) is 6.04. The number of fused-ring (bicyclic) bond motifs is 2. The maximum Gasteiger partial charge on any atom is 0.325 e. The molecule has 7 heteroatoms. The van der Waals surface area contributed by atoms with Crippen LogP contribution in [0.15, 0.2) is 48.5 Å². The molecule has 0 aromatic heterocycles. The van der Waals surface area contributed by atoms with Crippen molar-refractivity contribution in [3.05, 3.63) is 71.0 Å². The predicted octanol–water partition coefficient (Wildman–Crippen LogP) is 2.74. The second-order valence-electron chi connectivity index (χ2n) is 7.62. The molecule has 1 saturated heterocycles. The Balaban J connectivity index is 1.51. The van der Waals surface area contributed by atoms with Gasteiger partial charge in [0.05, 0.1) is 6.04 Å². The van der Waals surface area contributed by atoms with Gasteiger partial charge in [-0.15, -0.1) is 0 Å². The van der Waals surface area contributed by atoms with Gasteiger partial charge in [0.15, 0.2) is 0 Å².